The molecule has 1 aromatic rings. The molecule has 2 N–H and O–H groups in total. The van der Waals surface area contributed by atoms with Gasteiger partial charge in [-0.15, -0.1) is 0 Å². The number of nitrogens with one attached hydrogen (secondary N) is 1. The number of allylic oxidation sites excluding steroid dienone is 1. The minimum absolute atomic E-state index is 0.133. The highest BCUT2D eigenvalue weighted by molar-refractivity contribution is 9.10. The molecule has 1 saturated carbocycles. The topological polar surface area (TPSA) is 82.1 Å². The highest BCUT2D eigenvalue weighted by Gasteiger charge is 2.32. The zero-order valence-electron chi connectivity index (χ0n) is 16.7. The molecule has 2 fully saturated rings. The van der Waals surface area contributed by atoms with Crippen LogP contribution in [-0.2, 0) is 14.4 Å². The molecule has 29 heavy (non-hydrogen) atoms. The molecule has 1 aliphatic heterocycles. The maximum absolute atomic E-state index is 12.5. The van der Waals surface area contributed by atoms with Crippen molar-refractivity contribution in [1.29, 1.82) is 0 Å². The number of nitrogens with zero attached hydrogens (tertiary/aromatic N) is 2. The number of aromatic hydroxyl groups is 1. The number of benzene rings is 1. The normalized spacial score (nSPS) is 21.4. The molecule has 0 atom stereocenters. The number of piperazine rings is 1. The lowest BCUT2D eigenvalue weighted by atomic mass is 9.80. The van der Waals surface area contributed by atoms with Gasteiger partial charge >= 0.3 is 0 Å². The smallest absolute Gasteiger partial charge is 0.168 e. The molecule has 0 unspecified atom stereocenters. The van der Waals surface area contributed by atoms with Crippen LogP contribution in [0, 0.1) is 0 Å². The summed E-state index contributed by atoms with van der Waals surface area (Å²) in [7, 11) is 0. The zero-order chi connectivity index (χ0) is 20.8. The number of hydroxylamine groups is 2. The van der Waals surface area contributed by atoms with Crippen molar-refractivity contribution in [1.82, 2.24) is 15.3 Å². The quantitative estimate of drug-likeness (QED) is 0.362. The van der Waals surface area contributed by atoms with E-state index < -0.39 is 0 Å². The largest absolute Gasteiger partial charge is 0.508 e. The predicted molar refractivity (Wildman–Crippen MR) is 114 cm³/mol. The van der Waals surface area contributed by atoms with E-state index >= 15 is 0 Å². The van der Waals surface area contributed by atoms with E-state index in [4.69, 9.17) is 4.84 Å². The van der Waals surface area contributed by atoms with E-state index in [9.17, 15) is 14.7 Å². The number of ketones is 2. The number of phenols is 1. The van der Waals surface area contributed by atoms with Crippen molar-refractivity contribution in [2.75, 3.05) is 45.9 Å². The molecular formula is C21H28BrN3O4. The van der Waals surface area contributed by atoms with Crippen molar-refractivity contribution in [3.05, 3.63) is 40.0 Å². The highest BCUT2D eigenvalue weighted by atomic mass is 79.9. The molecule has 0 aromatic heterocycles. The minimum Gasteiger partial charge on any atom is -0.508 e. The summed E-state index contributed by atoms with van der Waals surface area (Å²) in [5.41, 5.74) is 1.04. The number of halogens is 1. The van der Waals surface area contributed by atoms with Gasteiger partial charge in [0.15, 0.2) is 11.6 Å². The molecule has 158 valence electrons. The Hall–Kier alpha value is -1.74. The van der Waals surface area contributed by atoms with Crippen molar-refractivity contribution < 1.29 is 19.5 Å². The maximum Gasteiger partial charge on any atom is 0.168 e. The van der Waals surface area contributed by atoms with Gasteiger partial charge in [0, 0.05) is 62.8 Å². The van der Waals surface area contributed by atoms with Gasteiger partial charge in [0.05, 0.1) is 12.2 Å². The van der Waals surface area contributed by atoms with Crippen molar-refractivity contribution in [3.63, 3.8) is 0 Å². The van der Waals surface area contributed by atoms with Gasteiger partial charge in [0.1, 0.15) is 5.75 Å². The first-order valence-electron chi connectivity index (χ1n) is 10.1. The van der Waals surface area contributed by atoms with Gasteiger partial charge in [-0.2, -0.15) is 5.06 Å². The molecule has 2 aliphatic rings. The van der Waals surface area contributed by atoms with E-state index in [1.54, 1.807) is 24.4 Å². The van der Waals surface area contributed by atoms with E-state index in [1.807, 2.05) is 12.0 Å². The van der Waals surface area contributed by atoms with Crippen LogP contribution in [0.3, 0.4) is 0 Å². The van der Waals surface area contributed by atoms with Gasteiger partial charge in [-0.1, -0.05) is 15.9 Å². The van der Waals surface area contributed by atoms with E-state index in [-0.39, 0.29) is 41.6 Å². The number of hydrogen-bond donors (Lipinski definition) is 2. The Labute approximate surface area is 179 Å². The molecule has 1 saturated heterocycles. The zero-order valence-corrected chi connectivity index (χ0v) is 18.3. The summed E-state index contributed by atoms with van der Waals surface area (Å²) >= 11 is 3.45. The fourth-order valence-corrected chi connectivity index (χ4v) is 4.35. The predicted octanol–water partition coefficient (Wildman–Crippen LogP) is 2.21. The lowest BCUT2D eigenvalue weighted by molar-refractivity contribution is -0.172. The van der Waals surface area contributed by atoms with Crippen LogP contribution in [0.2, 0.25) is 0 Å². The van der Waals surface area contributed by atoms with E-state index in [2.05, 4.69) is 26.1 Å². The Morgan fingerprint density at radius 1 is 1.21 bits per heavy atom. The Kier molecular flexibility index (Phi) is 7.83. The number of rotatable bonds is 7. The third-order valence-electron chi connectivity index (χ3n) is 5.35. The van der Waals surface area contributed by atoms with Crippen LogP contribution in [0.15, 0.2) is 34.4 Å². The van der Waals surface area contributed by atoms with E-state index in [1.165, 1.54) is 0 Å². The molecule has 7 nitrogen and oxygen atoms in total. The van der Waals surface area contributed by atoms with Crippen LogP contribution in [0.25, 0.3) is 0 Å². The van der Waals surface area contributed by atoms with Crippen LogP contribution < -0.4 is 5.32 Å². The first kappa shape index (κ1) is 22.0. The molecule has 8 heteroatoms. The van der Waals surface area contributed by atoms with Crippen LogP contribution in [0.5, 0.6) is 5.75 Å². The number of Topliss-reactive ketones (excluding diaryl/α,β-unsaturated/α-hetero) is 2. The molecular weight excluding hydrogens is 438 g/mol. The number of carbonyl (C=O) groups is 2. The first-order valence-corrected chi connectivity index (χ1v) is 10.9. The van der Waals surface area contributed by atoms with Crippen molar-refractivity contribution >= 4 is 27.5 Å². The van der Waals surface area contributed by atoms with Gasteiger partial charge < -0.3 is 10.4 Å². The van der Waals surface area contributed by atoms with Gasteiger partial charge in [-0.3, -0.25) is 19.3 Å². The molecule has 0 bridgehead atoms. The Morgan fingerprint density at radius 3 is 2.55 bits per heavy atom. The average Bonchev–Trinajstić information content (AvgIpc) is 2.70. The Morgan fingerprint density at radius 2 is 1.90 bits per heavy atom. The second-order valence-corrected chi connectivity index (χ2v) is 8.21. The van der Waals surface area contributed by atoms with Crippen molar-refractivity contribution in [2.45, 2.75) is 25.7 Å². The summed E-state index contributed by atoms with van der Waals surface area (Å²) in [6.07, 6.45) is 2.11. The van der Waals surface area contributed by atoms with Crippen molar-refractivity contribution in [2.24, 2.45) is 0 Å². The lowest BCUT2D eigenvalue weighted by Crippen LogP contribution is -2.47. The standard InChI is InChI=1S/C21H28BrN3O4/c1-2-29-25-9-7-24(8-10-25)6-5-23-14-18-20(27)11-15(12-21(18)28)17-13-16(26)3-4-19(17)22/h3-4,13-15,23,26H,2,5-12H2,1H3. The summed E-state index contributed by atoms with van der Waals surface area (Å²) in [5, 5.41) is 14.8. The Bertz CT molecular complexity index is 755. The van der Waals surface area contributed by atoms with Crippen LogP contribution in [0.1, 0.15) is 31.2 Å². The fraction of sp³-hybridized carbons (Fsp3) is 0.524. The molecule has 3 rings (SSSR count). The molecule has 0 radical (unpaired) electrons. The highest BCUT2D eigenvalue weighted by Crippen LogP contribution is 2.36. The third kappa shape index (κ3) is 5.88. The van der Waals surface area contributed by atoms with Gasteiger partial charge in [0.2, 0.25) is 0 Å². The van der Waals surface area contributed by atoms with Gasteiger partial charge in [-0.05, 0) is 36.6 Å². The summed E-state index contributed by atoms with van der Waals surface area (Å²) in [5.74, 6) is -0.387. The lowest BCUT2D eigenvalue weighted by Gasteiger charge is -2.33. The molecule has 1 heterocycles. The number of hydrogen-bond acceptors (Lipinski definition) is 7. The maximum atomic E-state index is 12.5. The van der Waals surface area contributed by atoms with Crippen molar-refractivity contribution in [3.8, 4) is 5.75 Å². The monoisotopic (exact) mass is 465 g/mol. The van der Waals surface area contributed by atoms with E-state index in [0.717, 1.165) is 42.8 Å². The second-order valence-electron chi connectivity index (χ2n) is 7.36. The molecule has 0 spiro atoms. The molecule has 0 amide bonds. The number of phenolic OH excluding ortho intramolecular Hbond substituents is 1. The summed E-state index contributed by atoms with van der Waals surface area (Å²) in [4.78, 5) is 32.9. The number of carbonyl (C=O) groups excluding carboxylic acids is 2. The van der Waals surface area contributed by atoms with E-state index in [0.29, 0.717) is 13.2 Å². The summed E-state index contributed by atoms with van der Waals surface area (Å²) < 4.78 is 0.802. The van der Waals surface area contributed by atoms with Crippen LogP contribution >= 0.6 is 15.9 Å². The fourth-order valence-electron chi connectivity index (χ4n) is 3.78. The molecule has 1 aliphatic carbocycles. The summed E-state index contributed by atoms with van der Waals surface area (Å²) in [6.45, 7) is 7.87. The Balaban J connectivity index is 1.48. The van der Waals surface area contributed by atoms with Gasteiger partial charge in [0.25, 0.3) is 0 Å². The summed E-state index contributed by atoms with van der Waals surface area (Å²) in [6, 6.07) is 4.93. The SMILES string of the molecule is CCON1CCN(CCNC=C2C(=O)CC(c3cc(O)ccc3Br)CC2=O)CC1. The molecule has 1 aromatic carbocycles. The second kappa shape index (κ2) is 10.3. The minimum atomic E-state index is -0.213. The average molecular weight is 466 g/mol. The first-order chi connectivity index (χ1) is 14.0. The van der Waals surface area contributed by atoms with Crippen LogP contribution in [-0.4, -0.2) is 72.5 Å². The van der Waals surface area contributed by atoms with Crippen LogP contribution in [0.4, 0.5) is 0 Å². The van der Waals surface area contributed by atoms with Gasteiger partial charge in [-0.25, -0.2) is 0 Å². The third-order valence-corrected chi connectivity index (χ3v) is 6.07.